The molecule has 100 valence electrons. The van der Waals surface area contributed by atoms with Crippen LogP contribution >= 0.6 is 15.9 Å². The smallest absolute Gasteiger partial charge is 0.137 e. The molecule has 18 heavy (non-hydrogen) atoms. The summed E-state index contributed by atoms with van der Waals surface area (Å²) in [5.41, 5.74) is 6.81. The number of carbonyl (C=O) groups is 1. The van der Waals surface area contributed by atoms with E-state index in [1.807, 2.05) is 24.3 Å². The van der Waals surface area contributed by atoms with Crippen LogP contribution in [0.15, 0.2) is 28.7 Å². The van der Waals surface area contributed by atoms with E-state index in [4.69, 9.17) is 5.73 Å². The van der Waals surface area contributed by atoms with Crippen LogP contribution in [0.25, 0.3) is 0 Å². The number of hydrogen-bond donors (Lipinski definition) is 1. The number of halogens is 1. The highest BCUT2D eigenvalue weighted by Gasteiger charge is 2.18. The predicted molar refractivity (Wildman–Crippen MR) is 79.5 cm³/mol. The largest absolute Gasteiger partial charge is 0.330 e. The first kappa shape index (κ1) is 15.4. The van der Waals surface area contributed by atoms with Gasteiger partial charge in [-0.25, -0.2) is 0 Å². The Bertz CT molecular complexity index is 401. The lowest BCUT2D eigenvalue weighted by atomic mass is 9.83. The molecule has 0 heterocycles. The summed E-state index contributed by atoms with van der Waals surface area (Å²) in [5, 5.41) is 0. The highest BCUT2D eigenvalue weighted by atomic mass is 79.9. The maximum atomic E-state index is 12.0. The highest BCUT2D eigenvalue weighted by Crippen LogP contribution is 2.26. The second-order valence-electron chi connectivity index (χ2n) is 5.51. The molecule has 0 aliphatic heterocycles. The fourth-order valence-corrected chi connectivity index (χ4v) is 2.36. The van der Waals surface area contributed by atoms with Crippen molar-refractivity contribution in [2.24, 2.45) is 11.1 Å². The first-order chi connectivity index (χ1) is 8.44. The highest BCUT2D eigenvalue weighted by molar-refractivity contribution is 9.10. The lowest BCUT2D eigenvalue weighted by Gasteiger charge is -2.23. The van der Waals surface area contributed by atoms with Crippen molar-refractivity contribution < 1.29 is 4.79 Å². The first-order valence-electron chi connectivity index (χ1n) is 6.40. The van der Waals surface area contributed by atoms with E-state index in [9.17, 15) is 4.79 Å². The number of rotatable bonds is 7. The number of hydrogen-bond acceptors (Lipinski definition) is 2. The van der Waals surface area contributed by atoms with Crippen molar-refractivity contribution in [3.8, 4) is 0 Å². The molecule has 0 saturated heterocycles. The van der Waals surface area contributed by atoms with Crippen LogP contribution in [0.4, 0.5) is 0 Å². The molecular weight excluding hydrogens is 290 g/mol. The standard InChI is InChI=1S/C15H22BrNO/c1-15(2,9-10-17)8-7-13(18)11-12-5-3-4-6-14(12)16/h3-6H,7-11,17H2,1-2H3. The van der Waals surface area contributed by atoms with Crippen molar-refractivity contribution >= 4 is 21.7 Å². The van der Waals surface area contributed by atoms with Crippen LogP contribution in [0.1, 0.15) is 38.7 Å². The van der Waals surface area contributed by atoms with Gasteiger partial charge < -0.3 is 5.73 Å². The summed E-state index contributed by atoms with van der Waals surface area (Å²) in [7, 11) is 0. The summed E-state index contributed by atoms with van der Waals surface area (Å²) in [4.78, 5) is 12.0. The normalized spacial score (nSPS) is 11.6. The zero-order chi connectivity index (χ0) is 13.6. The monoisotopic (exact) mass is 311 g/mol. The molecule has 0 spiro atoms. The topological polar surface area (TPSA) is 43.1 Å². The Labute approximate surface area is 118 Å². The van der Waals surface area contributed by atoms with Gasteiger partial charge in [-0.2, -0.15) is 0 Å². The molecule has 0 aromatic heterocycles. The van der Waals surface area contributed by atoms with Gasteiger partial charge in [-0.1, -0.05) is 48.0 Å². The second-order valence-corrected chi connectivity index (χ2v) is 6.36. The maximum Gasteiger partial charge on any atom is 0.137 e. The second kappa shape index (κ2) is 7.05. The van der Waals surface area contributed by atoms with Gasteiger partial charge in [0.15, 0.2) is 0 Å². The Morgan fingerprint density at radius 3 is 2.56 bits per heavy atom. The zero-order valence-corrected chi connectivity index (χ0v) is 12.8. The summed E-state index contributed by atoms with van der Waals surface area (Å²) in [6.45, 7) is 5.03. The third-order valence-corrected chi connectivity index (χ3v) is 4.02. The van der Waals surface area contributed by atoms with Crippen LogP contribution in [-0.4, -0.2) is 12.3 Å². The van der Waals surface area contributed by atoms with Gasteiger partial charge in [-0.15, -0.1) is 0 Å². The number of nitrogens with two attached hydrogens (primary N) is 1. The Morgan fingerprint density at radius 2 is 1.94 bits per heavy atom. The third-order valence-electron chi connectivity index (χ3n) is 3.25. The molecule has 0 radical (unpaired) electrons. The first-order valence-corrected chi connectivity index (χ1v) is 7.19. The van der Waals surface area contributed by atoms with Gasteiger partial charge in [0.05, 0.1) is 0 Å². The SMILES string of the molecule is CC(C)(CCN)CCC(=O)Cc1ccccc1Br. The molecule has 0 aliphatic carbocycles. The van der Waals surface area contributed by atoms with Gasteiger partial charge in [0.1, 0.15) is 5.78 Å². The van der Waals surface area contributed by atoms with E-state index in [-0.39, 0.29) is 5.41 Å². The molecule has 0 aliphatic rings. The summed E-state index contributed by atoms with van der Waals surface area (Å²) >= 11 is 3.47. The van der Waals surface area contributed by atoms with Crippen molar-refractivity contribution in [3.63, 3.8) is 0 Å². The fourth-order valence-electron chi connectivity index (χ4n) is 1.94. The number of benzene rings is 1. The van der Waals surface area contributed by atoms with E-state index < -0.39 is 0 Å². The van der Waals surface area contributed by atoms with E-state index in [0.29, 0.717) is 25.2 Å². The molecule has 0 unspecified atom stereocenters. The van der Waals surface area contributed by atoms with Gasteiger partial charge in [-0.3, -0.25) is 4.79 Å². The maximum absolute atomic E-state index is 12.0. The van der Waals surface area contributed by atoms with Gasteiger partial charge >= 0.3 is 0 Å². The Hall–Kier alpha value is -0.670. The molecule has 0 saturated carbocycles. The van der Waals surface area contributed by atoms with Crippen LogP contribution in [0.5, 0.6) is 0 Å². The molecule has 2 N–H and O–H groups in total. The average molecular weight is 312 g/mol. The summed E-state index contributed by atoms with van der Waals surface area (Å²) in [6, 6.07) is 7.89. The van der Waals surface area contributed by atoms with Gasteiger partial charge in [0, 0.05) is 17.3 Å². The van der Waals surface area contributed by atoms with E-state index in [2.05, 4.69) is 29.8 Å². The molecule has 0 amide bonds. The van der Waals surface area contributed by atoms with Crippen LogP contribution in [-0.2, 0) is 11.2 Å². The molecule has 3 heteroatoms. The molecule has 0 atom stereocenters. The Balaban J connectivity index is 2.46. The lowest BCUT2D eigenvalue weighted by molar-refractivity contribution is -0.119. The van der Waals surface area contributed by atoms with Crippen LogP contribution < -0.4 is 5.73 Å². The molecule has 0 bridgehead atoms. The molecular formula is C15H22BrNO. The Kier molecular flexibility index (Phi) is 6.03. The van der Waals surface area contributed by atoms with Crippen molar-refractivity contribution in [2.75, 3.05) is 6.54 Å². The summed E-state index contributed by atoms with van der Waals surface area (Å²) in [5.74, 6) is 0.298. The molecule has 2 nitrogen and oxygen atoms in total. The molecule has 1 aromatic carbocycles. The average Bonchev–Trinajstić information content (AvgIpc) is 2.30. The molecule has 1 rings (SSSR count). The number of Topliss-reactive ketones (excluding diaryl/α,β-unsaturated/α-hetero) is 1. The third kappa shape index (κ3) is 5.32. The molecule has 1 aromatic rings. The Morgan fingerprint density at radius 1 is 1.28 bits per heavy atom. The van der Waals surface area contributed by atoms with Gasteiger partial charge in [0.2, 0.25) is 0 Å². The van der Waals surface area contributed by atoms with Crippen LogP contribution in [0.2, 0.25) is 0 Å². The minimum Gasteiger partial charge on any atom is -0.330 e. The van der Waals surface area contributed by atoms with Crippen molar-refractivity contribution in [3.05, 3.63) is 34.3 Å². The quantitative estimate of drug-likeness (QED) is 0.834. The summed E-state index contributed by atoms with van der Waals surface area (Å²) < 4.78 is 1.01. The minimum absolute atomic E-state index is 0.165. The number of ketones is 1. The van der Waals surface area contributed by atoms with Crippen molar-refractivity contribution in [1.82, 2.24) is 0 Å². The molecule has 0 fully saturated rings. The van der Waals surface area contributed by atoms with E-state index in [0.717, 1.165) is 22.9 Å². The minimum atomic E-state index is 0.165. The van der Waals surface area contributed by atoms with Crippen LogP contribution in [0, 0.1) is 5.41 Å². The van der Waals surface area contributed by atoms with Gasteiger partial charge in [-0.05, 0) is 36.4 Å². The lowest BCUT2D eigenvalue weighted by Crippen LogP contribution is -2.18. The number of carbonyl (C=O) groups excluding carboxylic acids is 1. The van der Waals surface area contributed by atoms with Gasteiger partial charge in [0.25, 0.3) is 0 Å². The van der Waals surface area contributed by atoms with Crippen molar-refractivity contribution in [2.45, 2.75) is 39.5 Å². The van der Waals surface area contributed by atoms with Crippen molar-refractivity contribution in [1.29, 1.82) is 0 Å². The fraction of sp³-hybridized carbons (Fsp3) is 0.533. The van der Waals surface area contributed by atoms with E-state index >= 15 is 0 Å². The van der Waals surface area contributed by atoms with E-state index in [1.165, 1.54) is 0 Å². The summed E-state index contributed by atoms with van der Waals surface area (Å²) in [6.07, 6.45) is 3.03. The van der Waals surface area contributed by atoms with E-state index in [1.54, 1.807) is 0 Å². The predicted octanol–water partition coefficient (Wildman–Crippen LogP) is 3.72. The zero-order valence-electron chi connectivity index (χ0n) is 11.2. The van der Waals surface area contributed by atoms with Crippen LogP contribution in [0.3, 0.4) is 0 Å².